The predicted octanol–water partition coefficient (Wildman–Crippen LogP) is 2.76. The molecule has 2 atom stereocenters. The molecule has 1 fully saturated rings. The molecule has 0 saturated heterocycles. The first-order valence-corrected chi connectivity index (χ1v) is 7.21. The first-order valence-electron chi connectivity index (χ1n) is 7.21. The summed E-state index contributed by atoms with van der Waals surface area (Å²) < 4.78 is 5.45. The molecular formula is C16H24N2O2. The minimum Gasteiger partial charge on any atom is -0.382 e. The number of carbonyl (C=O) groups is 1. The standard InChI is InChI=1S/C16H24N2O2/c1-18(2)16(19)12-7-9-13(10-8-12)17-14-5-4-6-15(11-14)20-3/h7-10,14-15,17H,4-6,11H2,1-3H3. The summed E-state index contributed by atoms with van der Waals surface area (Å²) in [6, 6.07) is 8.17. The van der Waals surface area contributed by atoms with E-state index >= 15 is 0 Å². The Hall–Kier alpha value is -1.55. The van der Waals surface area contributed by atoms with Gasteiger partial charge in [0, 0.05) is 38.5 Å². The molecule has 4 nitrogen and oxygen atoms in total. The lowest BCUT2D eigenvalue weighted by Gasteiger charge is -2.29. The second-order valence-corrected chi connectivity index (χ2v) is 5.64. The van der Waals surface area contributed by atoms with Crippen LogP contribution in [-0.2, 0) is 4.74 Å². The first-order chi connectivity index (χ1) is 9.60. The van der Waals surface area contributed by atoms with Crippen molar-refractivity contribution in [2.75, 3.05) is 26.5 Å². The summed E-state index contributed by atoms with van der Waals surface area (Å²) in [5, 5.41) is 3.54. The molecule has 20 heavy (non-hydrogen) atoms. The maximum Gasteiger partial charge on any atom is 0.253 e. The number of nitrogens with zero attached hydrogens (tertiary/aromatic N) is 1. The van der Waals surface area contributed by atoms with Crippen LogP contribution in [0.4, 0.5) is 5.69 Å². The van der Waals surface area contributed by atoms with E-state index in [1.54, 1.807) is 26.1 Å². The van der Waals surface area contributed by atoms with Crippen LogP contribution in [0.5, 0.6) is 0 Å². The number of anilines is 1. The van der Waals surface area contributed by atoms with Gasteiger partial charge in [-0.1, -0.05) is 0 Å². The van der Waals surface area contributed by atoms with E-state index in [1.807, 2.05) is 24.3 Å². The fourth-order valence-corrected chi connectivity index (χ4v) is 2.69. The predicted molar refractivity (Wildman–Crippen MR) is 81.1 cm³/mol. The third-order valence-electron chi connectivity index (χ3n) is 3.87. The van der Waals surface area contributed by atoms with Crippen molar-refractivity contribution in [3.05, 3.63) is 29.8 Å². The van der Waals surface area contributed by atoms with E-state index in [9.17, 15) is 4.79 Å². The summed E-state index contributed by atoms with van der Waals surface area (Å²) in [6.07, 6.45) is 4.96. The third kappa shape index (κ3) is 3.73. The number of ether oxygens (including phenoxy) is 1. The Kier molecular flexibility index (Phi) is 5.01. The molecule has 1 amide bonds. The van der Waals surface area contributed by atoms with Crippen LogP contribution < -0.4 is 5.32 Å². The van der Waals surface area contributed by atoms with Gasteiger partial charge in [0.05, 0.1) is 6.10 Å². The zero-order valence-electron chi connectivity index (χ0n) is 12.6. The zero-order chi connectivity index (χ0) is 14.5. The number of methoxy groups -OCH3 is 1. The molecule has 0 spiro atoms. The van der Waals surface area contributed by atoms with Crippen LogP contribution in [0.15, 0.2) is 24.3 Å². The van der Waals surface area contributed by atoms with E-state index in [0.717, 1.165) is 24.1 Å². The second-order valence-electron chi connectivity index (χ2n) is 5.64. The van der Waals surface area contributed by atoms with Crippen molar-refractivity contribution in [3.63, 3.8) is 0 Å². The van der Waals surface area contributed by atoms with E-state index in [2.05, 4.69) is 5.32 Å². The Balaban J connectivity index is 1.95. The fourth-order valence-electron chi connectivity index (χ4n) is 2.69. The quantitative estimate of drug-likeness (QED) is 0.919. The molecule has 0 aromatic heterocycles. The molecule has 1 aliphatic rings. The van der Waals surface area contributed by atoms with Gasteiger partial charge in [0.1, 0.15) is 0 Å². The van der Waals surface area contributed by atoms with Crippen LogP contribution in [0.25, 0.3) is 0 Å². The van der Waals surface area contributed by atoms with Gasteiger partial charge in [-0.05, 0) is 49.9 Å². The molecule has 0 heterocycles. The van der Waals surface area contributed by atoms with Crippen molar-refractivity contribution in [1.29, 1.82) is 0 Å². The van der Waals surface area contributed by atoms with Crippen LogP contribution in [0.2, 0.25) is 0 Å². The van der Waals surface area contributed by atoms with Gasteiger partial charge in [-0.3, -0.25) is 4.79 Å². The molecule has 1 aromatic rings. The Morgan fingerprint density at radius 1 is 1.25 bits per heavy atom. The Labute approximate surface area is 121 Å². The number of hydrogen-bond acceptors (Lipinski definition) is 3. The summed E-state index contributed by atoms with van der Waals surface area (Å²) in [5.74, 6) is 0.0358. The first kappa shape index (κ1) is 14.9. The number of nitrogens with one attached hydrogen (secondary N) is 1. The Morgan fingerprint density at radius 2 is 1.95 bits per heavy atom. The van der Waals surface area contributed by atoms with Gasteiger partial charge < -0.3 is 15.0 Å². The highest BCUT2D eigenvalue weighted by atomic mass is 16.5. The molecule has 2 unspecified atom stereocenters. The Morgan fingerprint density at radius 3 is 2.55 bits per heavy atom. The molecule has 1 aliphatic carbocycles. The monoisotopic (exact) mass is 276 g/mol. The lowest BCUT2D eigenvalue weighted by Crippen LogP contribution is -2.31. The van der Waals surface area contributed by atoms with Crippen molar-refractivity contribution >= 4 is 11.6 Å². The van der Waals surface area contributed by atoms with Crippen molar-refractivity contribution < 1.29 is 9.53 Å². The highest BCUT2D eigenvalue weighted by molar-refractivity contribution is 5.94. The van der Waals surface area contributed by atoms with Crippen LogP contribution in [-0.4, -0.2) is 44.2 Å². The minimum absolute atomic E-state index is 0.0358. The molecule has 110 valence electrons. The normalized spacial score (nSPS) is 22.4. The molecule has 2 rings (SSSR count). The van der Waals surface area contributed by atoms with E-state index in [4.69, 9.17) is 4.74 Å². The summed E-state index contributed by atoms with van der Waals surface area (Å²) >= 11 is 0. The van der Waals surface area contributed by atoms with Gasteiger partial charge in [0.25, 0.3) is 5.91 Å². The maximum atomic E-state index is 11.8. The second kappa shape index (κ2) is 6.75. The molecule has 0 radical (unpaired) electrons. The summed E-state index contributed by atoms with van der Waals surface area (Å²) in [5.41, 5.74) is 1.79. The van der Waals surface area contributed by atoms with E-state index < -0.39 is 0 Å². The summed E-state index contributed by atoms with van der Waals surface area (Å²) in [7, 11) is 5.32. The number of amides is 1. The Bertz CT molecular complexity index is 442. The largest absolute Gasteiger partial charge is 0.382 e. The third-order valence-corrected chi connectivity index (χ3v) is 3.87. The van der Waals surface area contributed by atoms with Crippen LogP contribution in [0.3, 0.4) is 0 Å². The zero-order valence-corrected chi connectivity index (χ0v) is 12.6. The van der Waals surface area contributed by atoms with Crippen LogP contribution >= 0.6 is 0 Å². The molecule has 1 saturated carbocycles. The van der Waals surface area contributed by atoms with E-state index in [-0.39, 0.29) is 5.91 Å². The molecule has 1 aromatic carbocycles. The number of hydrogen-bond donors (Lipinski definition) is 1. The number of benzene rings is 1. The number of rotatable bonds is 4. The maximum absolute atomic E-state index is 11.8. The van der Waals surface area contributed by atoms with E-state index in [0.29, 0.717) is 12.1 Å². The lowest BCUT2D eigenvalue weighted by atomic mass is 9.92. The topological polar surface area (TPSA) is 41.6 Å². The fraction of sp³-hybridized carbons (Fsp3) is 0.562. The van der Waals surface area contributed by atoms with Crippen molar-refractivity contribution in [2.45, 2.75) is 37.8 Å². The summed E-state index contributed by atoms with van der Waals surface area (Å²) in [4.78, 5) is 13.4. The summed E-state index contributed by atoms with van der Waals surface area (Å²) in [6.45, 7) is 0. The van der Waals surface area contributed by atoms with Gasteiger partial charge in [-0.15, -0.1) is 0 Å². The van der Waals surface area contributed by atoms with Gasteiger partial charge in [-0.2, -0.15) is 0 Å². The van der Waals surface area contributed by atoms with E-state index in [1.165, 1.54) is 12.8 Å². The SMILES string of the molecule is COC1CCCC(Nc2ccc(C(=O)N(C)C)cc2)C1. The average Bonchev–Trinajstić information content (AvgIpc) is 2.47. The average molecular weight is 276 g/mol. The van der Waals surface area contributed by atoms with Crippen LogP contribution in [0, 0.1) is 0 Å². The molecular weight excluding hydrogens is 252 g/mol. The van der Waals surface area contributed by atoms with Gasteiger partial charge in [0.15, 0.2) is 0 Å². The van der Waals surface area contributed by atoms with Gasteiger partial charge in [-0.25, -0.2) is 0 Å². The molecule has 4 heteroatoms. The number of carbonyl (C=O) groups excluding carboxylic acids is 1. The highest BCUT2D eigenvalue weighted by Gasteiger charge is 2.21. The van der Waals surface area contributed by atoms with Crippen molar-refractivity contribution in [2.24, 2.45) is 0 Å². The molecule has 1 N–H and O–H groups in total. The molecule has 0 bridgehead atoms. The lowest BCUT2D eigenvalue weighted by molar-refractivity contribution is 0.0669. The van der Waals surface area contributed by atoms with Crippen LogP contribution in [0.1, 0.15) is 36.0 Å². The van der Waals surface area contributed by atoms with Gasteiger partial charge in [0.2, 0.25) is 0 Å². The van der Waals surface area contributed by atoms with Crippen molar-refractivity contribution in [3.8, 4) is 0 Å². The van der Waals surface area contributed by atoms with Crippen molar-refractivity contribution in [1.82, 2.24) is 4.90 Å². The highest BCUT2D eigenvalue weighted by Crippen LogP contribution is 2.24. The minimum atomic E-state index is 0.0358. The molecule has 0 aliphatic heterocycles. The van der Waals surface area contributed by atoms with Gasteiger partial charge >= 0.3 is 0 Å². The smallest absolute Gasteiger partial charge is 0.253 e.